The third kappa shape index (κ3) is 5.51. The first kappa shape index (κ1) is 17.6. The van der Waals surface area contributed by atoms with Crippen molar-refractivity contribution < 1.29 is 0 Å². The second kappa shape index (κ2) is 8.75. The van der Waals surface area contributed by atoms with E-state index in [1.54, 1.807) is 6.20 Å². The Bertz CT molecular complexity index is 412. The number of nitrogens with one attached hydrogen (secondary N) is 1. The molecule has 0 aliphatic rings. The van der Waals surface area contributed by atoms with E-state index < -0.39 is 0 Å². The van der Waals surface area contributed by atoms with Gasteiger partial charge in [-0.05, 0) is 37.3 Å². The molecule has 114 valence electrons. The Labute approximate surface area is 132 Å². The van der Waals surface area contributed by atoms with Gasteiger partial charge in [0.25, 0.3) is 0 Å². The van der Waals surface area contributed by atoms with Gasteiger partial charge in [-0.25, -0.2) is 4.98 Å². The van der Waals surface area contributed by atoms with Gasteiger partial charge in [-0.3, -0.25) is 0 Å². The Morgan fingerprint density at radius 2 is 2.10 bits per heavy atom. The topological polar surface area (TPSA) is 28.2 Å². The van der Waals surface area contributed by atoms with Crippen LogP contribution in [0.5, 0.6) is 0 Å². The van der Waals surface area contributed by atoms with Crippen molar-refractivity contribution in [3.63, 3.8) is 0 Å². The molecule has 1 aromatic heterocycles. The Kier molecular flexibility index (Phi) is 7.70. The summed E-state index contributed by atoms with van der Waals surface area (Å²) in [4.78, 5) is 6.65. The van der Waals surface area contributed by atoms with Crippen LogP contribution in [0.15, 0.2) is 12.3 Å². The maximum Gasteiger partial charge on any atom is 0.128 e. The zero-order valence-electron chi connectivity index (χ0n) is 13.1. The van der Waals surface area contributed by atoms with E-state index in [-0.39, 0.29) is 0 Å². The molecular weight excluding hydrogens is 290 g/mol. The number of hydrogen-bond acceptors (Lipinski definition) is 4. The number of anilines is 1. The van der Waals surface area contributed by atoms with Crippen molar-refractivity contribution >= 4 is 29.2 Å². The number of halogens is 1. The van der Waals surface area contributed by atoms with Gasteiger partial charge in [-0.1, -0.05) is 25.4 Å². The summed E-state index contributed by atoms with van der Waals surface area (Å²) < 4.78 is 0. The summed E-state index contributed by atoms with van der Waals surface area (Å²) in [6.45, 7) is 8.39. The number of thioether (sulfide) groups is 1. The van der Waals surface area contributed by atoms with Crippen LogP contribution in [-0.2, 0) is 6.54 Å². The third-order valence-electron chi connectivity index (χ3n) is 3.22. The van der Waals surface area contributed by atoms with Crippen molar-refractivity contribution in [1.82, 2.24) is 10.3 Å². The Balaban J connectivity index is 2.74. The van der Waals surface area contributed by atoms with Gasteiger partial charge >= 0.3 is 0 Å². The summed E-state index contributed by atoms with van der Waals surface area (Å²) in [5, 5.41) is 4.16. The van der Waals surface area contributed by atoms with Crippen LogP contribution in [0.25, 0.3) is 0 Å². The van der Waals surface area contributed by atoms with Crippen LogP contribution < -0.4 is 10.2 Å². The van der Waals surface area contributed by atoms with Crippen LogP contribution in [0.1, 0.15) is 26.3 Å². The van der Waals surface area contributed by atoms with Gasteiger partial charge in [-0.15, -0.1) is 0 Å². The first-order valence-corrected chi connectivity index (χ1v) is 8.79. The van der Waals surface area contributed by atoms with Gasteiger partial charge in [0.2, 0.25) is 0 Å². The highest BCUT2D eigenvalue weighted by Gasteiger charge is 2.12. The number of pyridine rings is 1. The molecular formula is C15H26ClN3S. The fourth-order valence-electron chi connectivity index (χ4n) is 1.87. The minimum Gasteiger partial charge on any atom is -0.356 e. The lowest BCUT2D eigenvalue weighted by Gasteiger charge is -2.26. The quantitative estimate of drug-likeness (QED) is 0.792. The molecule has 0 fully saturated rings. The molecule has 0 aliphatic carbocycles. The molecule has 0 aliphatic heterocycles. The Hall–Kier alpha value is -0.450. The minimum absolute atomic E-state index is 0.454. The molecule has 20 heavy (non-hydrogen) atoms. The van der Waals surface area contributed by atoms with Gasteiger partial charge in [0.05, 0.1) is 5.02 Å². The number of nitrogens with zero attached hydrogens (tertiary/aromatic N) is 2. The molecule has 0 radical (unpaired) electrons. The molecule has 1 N–H and O–H groups in total. The van der Waals surface area contributed by atoms with Crippen molar-refractivity contribution in [3.8, 4) is 0 Å². The Morgan fingerprint density at radius 3 is 2.70 bits per heavy atom. The van der Waals surface area contributed by atoms with Crippen molar-refractivity contribution in [2.75, 3.05) is 30.5 Å². The predicted octanol–water partition coefficient (Wildman–Crippen LogP) is 3.67. The van der Waals surface area contributed by atoms with E-state index in [2.05, 4.69) is 55.3 Å². The van der Waals surface area contributed by atoms with E-state index in [4.69, 9.17) is 11.6 Å². The van der Waals surface area contributed by atoms with E-state index in [1.165, 1.54) is 0 Å². The van der Waals surface area contributed by atoms with Crippen LogP contribution in [0, 0.1) is 5.92 Å². The number of rotatable bonds is 8. The summed E-state index contributed by atoms with van der Waals surface area (Å²) in [6.07, 6.45) is 3.88. The standard InChI is InChI=1S/C15H26ClN3S/c1-11(2)7-17-8-13-6-15(18-9-14(13)16)19(4)12(3)10-20-5/h6,9,11-12,17H,7-8,10H2,1-5H3. The van der Waals surface area contributed by atoms with Crippen LogP contribution in [0.4, 0.5) is 5.82 Å². The lowest BCUT2D eigenvalue weighted by molar-refractivity contribution is 0.552. The average molecular weight is 316 g/mol. The predicted molar refractivity (Wildman–Crippen MR) is 92.0 cm³/mol. The highest BCUT2D eigenvalue weighted by Crippen LogP contribution is 2.21. The second-order valence-electron chi connectivity index (χ2n) is 5.57. The van der Waals surface area contributed by atoms with E-state index >= 15 is 0 Å². The summed E-state index contributed by atoms with van der Waals surface area (Å²) in [5.41, 5.74) is 1.11. The zero-order chi connectivity index (χ0) is 15.1. The number of hydrogen-bond donors (Lipinski definition) is 1. The fraction of sp³-hybridized carbons (Fsp3) is 0.667. The average Bonchev–Trinajstić information content (AvgIpc) is 2.40. The summed E-state index contributed by atoms with van der Waals surface area (Å²) in [6, 6.07) is 2.54. The van der Waals surface area contributed by atoms with Gasteiger partial charge < -0.3 is 10.2 Å². The normalized spacial score (nSPS) is 12.8. The zero-order valence-corrected chi connectivity index (χ0v) is 14.7. The van der Waals surface area contributed by atoms with Crippen LogP contribution in [0.2, 0.25) is 5.02 Å². The van der Waals surface area contributed by atoms with Gasteiger partial charge in [0, 0.05) is 31.6 Å². The van der Waals surface area contributed by atoms with Crippen molar-refractivity contribution in [2.45, 2.75) is 33.4 Å². The van der Waals surface area contributed by atoms with Gasteiger partial charge in [-0.2, -0.15) is 11.8 Å². The molecule has 1 heterocycles. The van der Waals surface area contributed by atoms with Crippen LogP contribution in [0.3, 0.4) is 0 Å². The van der Waals surface area contributed by atoms with Crippen molar-refractivity contribution in [3.05, 3.63) is 22.8 Å². The molecule has 3 nitrogen and oxygen atoms in total. The fourth-order valence-corrected chi connectivity index (χ4v) is 2.75. The molecule has 1 unspecified atom stereocenters. The van der Waals surface area contributed by atoms with E-state index in [1.807, 2.05) is 11.8 Å². The highest BCUT2D eigenvalue weighted by molar-refractivity contribution is 7.98. The first-order chi connectivity index (χ1) is 9.45. The van der Waals surface area contributed by atoms with Crippen molar-refractivity contribution in [1.29, 1.82) is 0 Å². The maximum absolute atomic E-state index is 6.23. The van der Waals surface area contributed by atoms with E-state index in [9.17, 15) is 0 Å². The molecule has 0 amide bonds. The molecule has 0 saturated heterocycles. The SMILES string of the molecule is CSCC(C)N(C)c1cc(CNCC(C)C)c(Cl)cn1. The summed E-state index contributed by atoms with van der Waals surface area (Å²) in [7, 11) is 2.09. The first-order valence-electron chi connectivity index (χ1n) is 7.02. The Morgan fingerprint density at radius 1 is 1.40 bits per heavy atom. The maximum atomic E-state index is 6.23. The number of aromatic nitrogens is 1. The minimum atomic E-state index is 0.454. The van der Waals surface area contributed by atoms with Gasteiger partial charge in [0.15, 0.2) is 0 Å². The monoisotopic (exact) mass is 315 g/mol. The van der Waals surface area contributed by atoms with Crippen molar-refractivity contribution in [2.24, 2.45) is 5.92 Å². The third-order valence-corrected chi connectivity index (χ3v) is 4.37. The lowest BCUT2D eigenvalue weighted by Crippen LogP contribution is -2.31. The van der Waals surface area contributed by atoms with Gasteiger partial charge in [0.1, 0.15) is 5.82 Å². The molecule has 0 spiro atoms. The van der Waals surface area contributed by atoms with Crippen LogP contribution in [-0.4, -0.2) is 36.6 Å². The molecule has 1 rings (SSSR count). The van der Waals surface area contributed by atoms with E-state index in [0.29, 0.717) is 12.0 Å². The molecule has 0 bridgehead atoms. The largest absolute Gasteiger partial charge is 0.356 e. The molecule has 1 atom stereocenters. The lowest BCUT2D eigenvalue weighted by atomic mass is 10.2. The molecule has 0 saturated carbocycles. The smallest absolute Gasteiger partial charge is 0.128 e. The highest BCUT2D eigenvalue weighted by atomic mass is 35.5. The van der Waals surface area contributed by atoms with E-state index in [0.717, 1.165) is 35.2 Å². The second-order valence-corrected chi connectivity index (χ2v) is 6.89. The molecule has 1 aromatic rings. The summed E-state index contributed by atoms with van der Waals surface area (Å²) >= 11 is 8.08. The molecule has 5 heteroatoms. The van der Waals surface area contributed by atoms with Crippen LogP contribution >= 0.6 is 23.4 Å². The summed E-state index contributed by atoms with van der Waals surface area (Å²) in [5.74, 6) is 2.71. The molecule has 0 aromatic carbocycles.